The quantitative estimate of drug-likeness (QED) is 0.633. The van der Waals surface area contributed by atoms with Crippen molar-refractivity contribution in [3.8, 4) is 17.2 Å². The third kappa shape index (κ3) is 5.36. The van der Waals surface area contributed by atoms with E-state index in [1.165, 1.54) is 21.3 Å². The predicted molar refractivity (Wildman–Crippen MR) is 124 cm³/mol. The molecule has 1 heterocycles. The molecule has 1 aliphatic rings. The maximum absolute atomic E-state index is 12.7. The van der Waals surface area contributed by atoms with Gasteiger partial charge in [-0.1, -0.05) is 0 Å². The van der Waals surface area contributed by atoms with Crippen LogP contribution in [0, 0.1) is 5.92 Å². The zero-order chi connectivity index (χ0) is 24.1. The van der Waals surface area contributed by atoms with E-state index < -0.39 is 0 Å². The van der Waals surface area contributed by atoms with Crippen LogP contribution in [0.5, 0.6) is 17.2 Å². The van der Waals surface area contributed by atoms with Crippen LogP contribution in [0.4, 0.5) is 11.4 Å². The van der Waals surface area contributed by atoms with Crippen molar-refractivity contribution in [2.45, 2.75) is 26.3 Å². The highest BCUT2D eigenvalue weighted by Crippen LogP contribution is 2.40. The summed E-state index contributed by atoms with van der Waals surface area (Å²) >= 11 is 0. The number of hydrogen-bond donors (Lipinski definition) is 2. The van der Waals surface area contributed by atoms with Crippen molar-refractivity contribution in [2.24, 2.45) is 5.92 Å². The van der Waals surface area contributed by atoms with Gasteiger partial charge in [-0.05, 0) is 38.1 Å². The molecule has 2 aromatic rings. The number of likely N-dealkylation sites (tertiary alicyclic amines) is 1. The molecule has 1 saturated heterocycles. The van der Waals surface area contributed by atoms with Crippen molar-refractivity contribution in [1.82, 2.24) is 4.90 Å². The van der Waals surface area contributed by atoms with Gasteiger partial charge in [0.15, 0.2) is 11.5 Å². The van der Waals surface area contributed by atoms with Crippen molar-refractivity contribution < 1.29 is 28.6 Å². The van der Waals surface area contributed by atoms with E-state index in [-0.39, 0.29) is 36.1 Å². The summed E-state index contributed by atoms with van der Waals surface area (Å²) in [6.45, 7) is 4.28. The molecule has 0 radical (unpaired) electrons. The van der Waals surface area contributed by atoms with Crippen LogP contribution >= 0.6 is 0 Å². The molecule has 0 spiro atoms. The largest absolute Gasteiger partial charge is 0.493 e. The molecule has 0 aromatic heterocycles. The molecule has 2 N–H and O–H groups in total. The Balaban J connectivity index is 1.65. The van der Waals surface area contributed by atoms with E-state index in [0.29, 0.717) is 40.7 Å². The minimum Gasteiger partial charge on any atom is -0.493 e. The van der Waals surface area contributed by atoms with Gasteiger partial charge in [0.1, 0.15) is 0 Å². The topological polar surface area (TPSA) is 106 Å². The Morgan fingerprint density at radius 3 is 2.03 bits per heavy atom. The molecule has 0 bridgehead atoms. The third-order valence-electron chi connectivity index (χ3n) is 5.49. The number of carbonyl (C=O) groups excluding carboxylic acids is 3. The summed E-state index contributed by atoms with van der Waals surface area (Å²) in [5.41, 5.74) is 1.44. The number of methoxy groups -OCH3 is 3. The van der Waals surface area contributed by atoms with Crippen LogP contribution in [-0.4, -0.2) is 56.5 Å². The molecule has 1 unspecified atom stereocenters. The molecular weight excluding hydrogens is 426 g/mol. The van der Waals surface area contributed by atoms with Crippen LogP contribution in [0.15, 0.2) is 36.4 Å². The van der Waals surface area contributed by atoms with Gasteiger partial charge in [0.05, 0.1) is 27.2 Å². The summed E-state index contributed by atoms with van der Waals surface area (Å²) in [4.78, 5) is 39.0. The van der Waals surface area contributed by atoms with Crippen molar-refractivity contribution in [3.05, 3.63) is 42.0 Å². The first-order valence-electron chi connectivity index (χ1n) is 10.6. The molecule has 1 atom stereocenters. The fraction of sp³-hybridized carbons (Fsp3) is 0.375. The number of anilines is 2. The Bertz CT molecular complexity index is 1010. The van der Waals surface area contributed by atoms with E-state index in [9.17, 15) is 14.4 Å². The van der Waals surface area contributed by atoms with Crippen LogP contribution in [0.3, 0.4) is 0 Å². The van der Waals surface area contributed by atoms with Gasteiger partial charge < -0.3 is 29.7 Å². The first kappa shape index (κ1) is 23.9. The van der Waals surface area contributed by atoms with Gasteiger partial charge in [0, 0.05) is 48.1 Å². The highest BCUT2D eigenvalue weighted by Gasteiger charge is 2.35. The molecule has 1 fully saturated rings. The van der Waals surface area contributed by atoms with E-state index >= 15 is 0 Å². The number of ether oxygens (including phenoxy) is 3. The molecular formula is C24H29N3O6. The van der Waals surface area contributed by atoms with Crippen LogP contribution in [-0.2, 0) is 9.59 Å². The van der Waals surface area contributed by atoms with Crippen molar-refractivity contribution in [2.75, 3.05) is 38.5 Å². The molecule has 9 heteroatoms. The van der Waals surface area contributed by atoms with Crippen molar-refractivity contribution in [1.29, 1.82) is 0 Å². The van der Waals surface area contributed by atoms with E-state index in [0.717, 1.165) is 0 Å². The van der Waals surface area contributed by atoms with Crippen LogP contribution in [0.25, 0.3) is 0 Å². The van der Waals surface area contributed by atoms with Crippen LogP contribution < -0.4 is 24.8 Å². The zero-order valence-corrected chi connectivity index (χ0v) is 19.4. The lowest BCUT2D eigenvalue weighted by Crippen LogP contribution is -2.33. The monoisotopic (exact) mass is 455 g/mol. The minimum atomic E-state index is -0.386. The van der Waals surface area contributed by atoms with Crippen molar-refractivity contribution >= 4 is 29.1 Å². The molecule has 0 saturated carbocycles. The highest BCUT2D eigenvalue weighted by atomic mass is 16.5. The third-order valence-corrected chi connectivity index (χ3v) is 5.49. The van der Waals surface area contributed by atoms with E-state index in [2.05, 4.69) is 10.6 Å². The summed E-state index contributed by atoms with van der Waals surface area (Å²) in [5, 5.41) is 5.63. The molecule has 3 rings (SSSR count). The Labute approximate surface area is 193 Å². The van der Waals surface area contributed by atoms with Gasteiger partial charge in [-0.2, -0.15) is 0 Å². The van der Waals surface area contributed by atoms with E-state index in [1.807, 2.05) is 13.8 Å². The number of nitrogens with zero attached hydrogens (tertiary/aromatic N) is 1. The maximum atomic E-state index is 12.7. The second-order valence-electron chi connectivity index (χ2n) is 7.98. The lowest BCUT2D eigenvalue weighted by Gasteiger charge is -2.20. The molecule has 33 heavy (non-hydrogen) atoms. The van der Waals surface area contributed by atoms with Gasteiger partial charge in [0.2, 0.25) is 17.6 Å². The molecule has 176 valence electrons. The lowest BCUT2D eigenvalue weighted by molar-refractivity contribution is -0.129. The molecule has 1 aliphatic heterocycles. The Morgan fingerprint density at radius 2 is 1.55 bits per heavy atom. The smallest absolute Gasteiger partial charge is 0.255 e. The predicted octanol–water partition coefficient (Wildman–Crippen LogP) is 3.16. The first-order chi connectivity index (χ1) is 15.8. The summed E-state index contributed by atoms with van der Waals surface area (Å²) < 4.78 is 15.9. The number of rotatable bonds is 8. The second-order valence-corrected chi connectivity index (χ2v) is 7.98. The summed E-state index contributed by atoms with van der Waals surface area (Å²) in [6, 6.07) is 9.87. The lowest BCUT2D eigenvalue weighted by atomic mass is 10.1. The standard InChI is InChI=1S/C24H29N3O6/c1-14(2)27-13-16(10-21(27)28)24(30)25-17-8-6-15(7-9-17)23(29)26-18-11-19(31-3)22(33-5)20(12-18)32-4/h6-9,11-12,14,16H,10,13H2,1-5H3,(H,25,30)(H,26,29). The number of benzene rings is 2. The Hall–Kier alpha value is -3.75. The Morgan fingerprint density at radius 1 is 0.939 bits per heavy atom. The average molecular weight is 456 g/mol. The minimum absolute atomic E-state index is 0.0102. The van der Waals surface area contributed by atoms with Gasteiger partial charge >= 0.3 is 0 Å². The van der Waals surface area contributed by atoms with Gasteiger partial charge in [-0.25, -0.2) is 0 Å². The van der Waals surface area contributed by atoms with Gasteiger partial charge in [-0.3, -0.25) is 14.4 Å². The fourth-order valence-electron chi connectivity index (χ4n) is 3.71. The van der Waals surface area contributed by atoms with Gasteiger partial charge in [0.25, 0.3) is 5.91 Å². The summed E-state index contributed by atoms with van der Waals surface area (Å²) in [6.07, 6.45) is 0.208. The van der Waals surface area contributed by atoms with Crippen LogP contribution in [0.1, 0.15) is 30.6 Å². The van der Waals surface area contributed by atoms with E-state index in [1.54, 1.807) is 41.3 Å². The number of amides is 3. The zero-order valence-electron chi connectivity index (χ0n) is 19.4. The van der Waals surface area contributed by atoms with E-state index in [4.69, 9.17) is 14.2 Å². The maximum Gasteiger partial charge on any atom is 0.255 e. The number of hydrogen-bond acceptors (Lipinski definition) is 6. The number of carbonyl (C=O) groups is 3. The molecule has 3 amide bonds. The fourth-order valence-corrected chi connectivity index (χ4v) is 3.71. The second kappa shape index (κ2) is 10.2. The number of nitrogens with one attached hydrogen (secondary N) is 2. The molecule has 9 nitrogen and oxygen atoms in total. The SMILES string of the molecule is COc1cc(NC(=O)c2ccc(NC(=O)C3CC(=O)N(C(C)C)C3)cc2)cc(OC)c1OC. The summed E-state index contributed by atoms with van der Waals surface area (Å²) in [7, 11) is 4.50. The highest BCUT2D eigenvalue weighted by molar-refractivity contribution is 6.05. The molecule has 2 aromatic carbocycles. The van der Waals surface area contributed by atoms with Gasteiger partial charge in [-0.15, -0.1) is 0 Å². The average Bonchev–Trinajstić information content (AvgIpc) is 3.20. The Kier molecular flexibility index (Phi) is 7.42. The first-order valence-corrected chi connectivity index (χ1v) is 10.6. The molecule has 0 aliphatic carbocycles. The summed E-state index contributed by atoms with van der Waals surface area (Å²) in [5.74, 6) is 0.334. The van der Waals surface area contributed by atoms with Crippen LogP contribution in [0.2, 0.25) is 0 Å². The van der Waals surface area contributed by atoms with Crippen molar-refractivity contribution in [3.63, 3.8) is 0 Å². The normalized spacial score (nSPS) is 15.4.